The van der Waals surface area contributed by atoms with Gasteiger partial charge in [0.2, 0.25) is 0 Å². The number of piperazine rings is 1. The predicted molar refractivity (Wildman–Crippen MR) is 61.4 cm³/mol. The van der Waals surface area contributed by atoms with E-state index in [1.807, 2.05) is 18.2 Å². The molecule has 1 fully saturated rings. The number of aromatic nitrogens is 2. The van der Waals surface area contributed by atoms with Crippen LogP contribution in [0.15, 0.2) is 28.9 Å². The van der Waals surface area contributed by atoms with Crippen LogP contribution in [0.5, 0.6) is 0 Å². The molecule has 2 N–H and O–H groups in total. The fraction of sp³-hybridized carbons (Fsp3) is 0.364. The zero-order valence-electron chi connectivity index (χ0n) is 8.94. The molecule has 16 heavy (non-hydrogen) atoms. The van der Waals surface area contributed by atoms with E-state index in [1.54, 1.807) is 6.26 Å². The quantitative estimate of drug-likeness (QED) is 0.792. The third kappa shape index (κ3) is 1.69. The lowest BCUT2D eigenvalue weighted by atomic mass is 10.3. The molecule has 0 radical (unpaired) electrons. The minimum absolute atomic E-state index is 0.828. The van der Waals surface area contributed by atoms with Crippen LogP contribution in [0.3, 0.4) is 0 Å². The van der Waals surface area contributed by atoms with E-state index in [0.29, 0.717) is 0 Å². The first-order valence-corrected chi connectivity index (χ1v) is 5.48. The summed E-state index contributed by atoms with van der Waals surface area (Å²) in [5.74, 6) is 1.82. The molecular formula is C11H14N4O. The number of H-pyrrole nitrogens is 1. The van der Waals surface area contributed by atoms with Crippen molar-refractivity contribution in [1.82, 2.24) is 15.5 Å². The molecule has 0 unspecified atom stereocenters. The van der Waals surface area contributed by atoms with Crippen LogP contribution in [0.2, 0.25) is 0 Å². The van der Waals surface area contributed by atoms with Crippen LogP contribution >= 0.6 is 0 Å². The second-order valence-corrected chi connectivity index (χ2v) is 3.85. The Balaban J connectivity index is 1.82. The van der Waals surface area contributed by atoms with Gasteiger partial charge in [-0.05, 0) is 12.1 Å². The van der Waals surface area contributed by atoms with Crippen molar-refractivity contribution in [2.45, 2.75) is 0 Å². The molecule has 0 bridgehead atoms. The Labute approximate surface area is 93.4 Å². The zero-order valence-corrected chi connectivity index (χ0v) is 8.94. The van der Waals surface area contributed by atoms with Crippen LogP contribution in [0.1, 0.15) is 0 Å². The van der Waals surface area contributed by atoms with Crippen molar-refractivity contribution >= 4 is 5.82 Å². The van der Waals surface area contributed by atoms with Crippen molar-refractivity contribution in [2.24, 2.45) is 0 Å². The molecule has 84 valence electrons. The molecule has 0 aliphatic carbocycles. The third-order valence-corrected chi connectivity index (χ3v) is 2.79. The summed E-state index contributed by atoms with van der Waals surface area (Å²) in [6.07, 6.45) is 1.67. The minimum atomic E-state index is 0.828. The van der Waals surface area contributed by atoms with E-state index in [9.17, 15) is 0 Å². The molecule has 3 rings (SSSR count). The molecule has 1 saturated heterocycles. The monoisotopic (exact) mass is 218 g/mol. The van der Waals surface area contributed by atoms with Crippen LogP contribution in [-0.2, 0) is 0 Å². The summed E-state index contributed by atoms with van der Waals surface area (Å²) in [4.78, 5) is 2.26. The van der Waals surface area contributed by atoms with Gasteiger partial charge in [0.25, 0.3) is 0 Å². The highest BCUT2D eigenvalue weighted by Crippen LogP contribution is 2.22. The van der Waals surface area contributed by atoms with E-state index in [1.165, 1.54) is 0 Å². The van der Waals surface area contributed by atoms with E-state index < -0.39 is 0 Å². The van der Waals surface area contributed by atoms with E-state index in [4.69, 9.17) is 4.42 Å². The Kier molecular flexibility index (Phi) is 2.38. The lowest BCUT2D eigenvalue weighted by Crippen LogP contribution is -2.43. The number of nitrogens with one attached hydrogen (secondary N) is 2. The zero-order chi connectivity index (χ0) is 10.8. The Bertz CT molecular complexity index is 442. The number of aromatic amines is 1. The highest BCUT2D eigenvalue weighted by molar-refractivity contribution is 5.58. The summed E-state index contributed by atoms with van der Waals surface area (Å²) < 4.78 is 5.32. The predicted octanol–water partition coefficient (Wildman–Crippen LogP) is 1.08. The SMILES string of the molecule is c1coc(-c2cc(N3CCNCC3)n[nH]2)c1. The normalized spacial score (nSPS) is 16.6. The second-order valence-electron chi connectivity index (χ2n) is 3.85. The first-order chi connectivity index (χ1) is 7.93. The van der Waals surface area contributed by atoms with Crippen LogP contribution in [0, 0.1) is 0 Å². The van der Waals surface area contributed by atoms with E-state index in [-0.39, 0.29) is 0 Å². The van der Waals surface area contributed by atoms with E-state index >= 15 is 0 Å². The van der Waals surface area contributed by atoms with Gasteiger partial charge in [-0.15, -0.1) is 0 Å². The summed E-state index contributed by atoms with van der Waals surface area (Å²) in [6.45, 7) is 4.04. The number of furan rings is 1. The fourth-order valence-electron chi connectivity index (χ4n) is 1.93. The van der Waals surface area contributed by atoms with Crippen molar-refractivity contribution in [1.29, 1.82) is 0 Å². The van der Waals surface area contributed by atoms with Gasteiger partial charge in [0.1, 0.15) is 5.69 Å². The number of hydrogen-bond acceptors (Lipinski definition) is 4. The molecule has 3 heterocycles. The fourth-order valence-corrected chi connectivity index (χ4v) is 1.93. The van der Waals surface area contributed by atoms with E-state index in [0.717, 1.165) is 43.5 Å². The van der Waals surface area contributed by atoms with Crippen molar-refractivity contribution in [3.8, 4) is 11.5 Å². The average molecular weight is 218 g/mol. The maximum Gasteiger partial charge on any atom is 0.151 e. The van der Waals surface area contributed by atoms with Gasteiger partial charge < -0.3 is 14.6 Å². The van der Waals surface area contributed by atoms with Crippen LogP contribution in [-0.4, -0.2) is 36.4 Å². The van der Waals surface area contributed by atoms with Gasteiger partial charge in [-0.25, -0.2) is 0 Å². The lowest BCUT2D eigenvalue weighted by Gasteiger charge is -2.26. The molecule has 0 saturated carbocycles. The number of rotatable bonds is 2. The van der Waals surface area contributed by atoms with Crippen LogP contribution in [0.25, 0.3) is 11.5 Å². The van der Waals surface area contributed by atoms with Crippen LogP contribution < -0.4 is 10.2 Å². The Morgan fingerprint density at radius 3 is 2.94 bits per heavy atom. The largest absolute Gasteiger partial charge is 0.463 e. The standard InChI is InChI=1S/C11H14N4O/c1-2-10(16-7-1)9-8-11(14-13-9)15-5-3-12-4-6-15/h1-2,7-8,12H,3-6H2,(H,13,14). The Hall–Kier alpha value is -1.75. The molecule has 5 nitrogen and oxygen atoms in total. The average Bonchev–Trinajstić information content (AvgIpc) is 3.01. The lowest BCUT2D eigenvalue weighted by molar-refractivity contribution is 0.579. The van der Waals surface area contributed by atoms with Crippen molar-refractivity contribution in [2.75, 3.05) is 31.1 Å². The summed E-state index contributed by atoms with van der Waals surface area (Å²) in [6, 6.07) is 5.83. The number of hydrogen-bond donors (Lipinski definition) is 2. The topological polar surface area (TPSA) is 57.1 Å². The maximum absolute atomic E-state index is 5.32. The number of anilines is 1. The van der Waals surface area contributed by atoms with Gasteiger partial charge in [-0.3, -0.25) is 5.10 Å². The molecule has 0 aromatic carbocycles. The second kappa shape index (κ2) is 4.02. The molecule has 1 aliphatic rings. The molecule has 0 atom stereocenters. The third-order valence-electron chi connectivity index (χ3n) is 2.79. The first kappa shape index (κ1) is 9.47. The highest BCUT2D eigenvalue weighted by Gasteiger charge is 2.14. The smallest absolute Gasteiger partial charge is 0.151 e. The molecule has 2 aromatic rings. The first-order valence-electron chi connectivity index (χ1n) is 5.48. The summed E-state index contributed by atoms with van der Waals surface area (Å²) in [5, 5.41) is 10.6. The molecule has 1 aliphatic heterocycles. The van der Waals surface area contributed by atoms with E-state index in [2.05, 4.69) is 20.4 Å². The maximum atomic E-state index is 5.32. The Morgan fingerprint density at radius 1 is 1.31 bits per heavy atom. The van der Waals surface area contributed by atoms with Gasteiger partial charge >= 0.3 is 0 Å². The molecule has 5 heteroatoms. The van der Waals surface area contributed by atoms with Crippen molar-refractivity contribution in [3.63, 3.8) is 0 Å². The molecule has 0 amide bonds. The highest BCUT2D eigenvalue weighted by atomic mass is 16.3. The van der Waals surface area contributed by atoms with Gasteiger partial charge in [0.15, 0.2) is 11.6 Å². The molecular weight excluding hydrogens is 204 g/mol. The van der Waals surface area contributed by atoms with Gasteiger partial charge in [-0.2, -0.15) is 5.10 Å². The minimum Gasteiger partial charge on any atom is -0.463 e. The number of nitrogens with zero attached hydrogens (tertiary/aromatic N) is 2. The summed E-state index contributed by atoms with van der Waals surface area (Å²) in [5.41, 5.74) is 0.929. The summed E-state index contributed by atoms with van der Waals surface area (Å²) >= 11 is 0. The Morgan fingerprint density at radius 2 is 2.19 bits per heavy atom. The van der Waals surface area contributed by atoms with Gasteiger partial charge in [0.05, 0.1) is 6.26 Å². The van der Waals surface area contributed by atoms with Crippen molar-refractivity contribution < 1.29 is 4.42 Å². The molecule has 0 spiro atoms. The summed E-state index contributed by atoms with van der Waals surface area (Å²) in [7, 11) is 0. The van der Waals surface area contributed by atoms with Gasteiger partial charge in [0, 0.05) is 32.2 Å². The van der Waals surface area contributed by atoms with Crippen LogP contribution in [0.4, 0.5) is 5.82 Å². The van der Waals surface area contributed by atoms with Gasteiger partial charge in [-0.1, -0.05) is 0 Å². The molecule has 2 aromatic heterocycles. The van der Waals surface area contributed by atoms with Crippen molar-refractivity contribution in [3.05, 3.63) is 24.5 Å².